The van der Waals surface area contributed by atoms with Gasteiger partial charge in [-0.25, -0.2) is 4.98 Å². The first-order chi connectivity index (χ1) is 7.34. The number of thiazole rings is 1. The standard InChI is InChI=1S/C13H17NS.BrH/c1-9-2-11-3-10(1)5-13(4-9,6-11)12-7-15-8-14-12;/h7-11H,1-6H2;1H. The van der Waals surface area contributed by atoms with Gasteiger partial charge in [-0.05, 0) is 56.3 Å². The largest absolute Gasteiger partial charge is 0.249 e. The molecule has 3 heteroatoms. The van der Waals surface area contributed by atoms with Gasteiger partial charge in [-0.3, -0.25) is 0 Å². The van der Waals surface area contributed by atoms with E-state index in [0.29, 0.717) is 5.41 Å². The van der Waals surface area contributed by atoms with Crippen LogP contribution in [0.1, 0.15) is 44.2 Å². The summed E-state index contributed by atoms with van der Waals surface area (Å²) in [6, 6.07) is 0. The monoisotopic (exact) mass is 299 g/mol. The van der Waals surface area contributed by atoms with E-state index in [1.54, 1.807) is 11.3 Å². The van der Waals surface area contributed by atoms with Gasteiger partial charge in [-0.15, -0.1) is 28.3 Å². The number of rotatable bonds is 1. The average Bonchev–Trinajstić information content (AvgIpc) is 2.67. The molecule has 0 amide bonds. The molecule has 0 aliphatic heterocycles. The minimum Gasteiger partial charge on any atom is -0.249 e. The van der Waals surface area contributed by atoms with E-state index in [2.05, 4.69) is 10.4 Å². The summed E-state index contributed by atoms with van der Waals surface area (Å²) >= 11 is 1.78. The van der Waals surface area contributed by atoms with Crippen molar-refractivity contribution in [2.75, 3.05) is 0 Å². The second-order valence-corrected chi connectivity index (χ2v) is 6.79. The Balaban J connectivity index is 0.000000810. The minimum absolute atomic E-state index is 0. The van der Waals surface area contributed by atoms with Gasteiger partial charge in [0.2, 0.25) is 0 Å². The van der Waals surface area contributed by atoms with Crippen LogP contribution >= 0.6 is 28.3 Å². The molecule has 0 aromatic carbocycles. The fourth-order valence-electron chi connectivity index (χ4n) is 4.90. The first-order valence-corrected chi connectivity index (χ1v) is 7.17. The zero-order valence-corrected chi connectivity index (χ0v) is 11.9. The van der Waals surface area contributed by atoms with E-state index in [4.69, 9.17) is 0 Å². The van der Waals surface area contributed by atoms with E-state index in [1.807, 2.05) is 5.51 Å². The maximum atomic E-state index is 4.62. The Labute approximate surface area is 111 Å². The Morgan fingerprint density at radius 3 is 2.06 bits per heavy atom. The number of hydrogen-bond acceptors (Lipinski definition) is 2. The third-order valence-electron chi connectivity index (χ3n) is 5.01. The highest BCUT2D eigenvalue weighted by atomic mass is 79.9. The summed E-state index contributed by atoms with van der Waals surface area (Å²) in [6.07, 6.45) is 8.93. The molecule has 4 aliphatic rings. The number of nitrogens with zero attached hydrogens (tertiary/aromatic N) is 1. The summed E-state index contributed by atoms with van der Waals surface area (Å²) in [5, 5.41) is 2.31. The molecule has 1 heterocycles. The molecule has 16 heavy (non-hydrogen) atoms. The molecule has 0 saturated heterocycles. The Bertz CT molecular complexity index is 338. The van der Waals surface area contributed by atoms with Crippen LogP contribution in [0.25, 0.3) is 0 Å². The molecule has 88 valence electrons. The van der Waals surface area contributed by atoms with Crippen LogP contribution in [0.3, 0.4) is 0 Å². The van der Waals surface area contributed by atoms with Crippen molar-refractivity contribution in [2.45, 2.75) is 43.9 Å². The maximum Gasteiger partial charge on any atom is 0.0794 e. The summed E-state index contributed by atoms with van der Waals surface area (Å²) in [4.78, 5) is 4.62. The van der Waals surface area contributed by atoms with Crippen molar-refractivity contribution in [3.05, 3.63) is 16.6 Å². The van der Waals surface area contributed by atoms with Gasteiger partial charge < -0.3 is 0 Å². The molecule has 4 fully saturated rings. The molecule has 1 aromatic heterocycles. The Morgan fingerprint density at radius 1 is 1.06 bits per heavy atom. The zero-order chi connectivity index (χ0) is 9.88. The van der Waals surface area contributed by atoms with Gasteiger partial charge in [0.05, 0.1) is 11.2 Å². The number of hydrogen-bond donors (Lipinski definition) is 0. The third kappa shape index (κ3) is 1.51. The SMILES string of the molecule is Br.c1nc(C23CC4CC(CC(C4)C2)C3)cs1. The van der Waals surface area contributed by atoms with Crippen LogP contribution in [0.5, 0.6) is 0 Å². The zero-order valence-electron chi connectivity index (χ0n) is 9.39. The number of aromatic nitrogens is 1. The molecular formula is C13H18BrNS. The van der Waals surface area contributed by atoms with Crippen molar-refractivity contribution in [1.82, 2.24) is 4.98 Å². The van der Waals surface area contributed by atoms with Gasteiger partial charge >= 0.3 is 0 Å². The van der Waals surface area contributed by atoms with Crippen LogP contribution in [0, 0.1) is 17.8 Å². The van der Waals surface area contributed by atoms with Crippen molar-refractivity contribution >= 4 is 28.3 Å². The van der Waals surface area contributed by atoms with E-state index in [1.165, 1.54) is 44.2 Å². The van der Waals surface area contributed by atoms with Crippen LogP contribution in [0.15, 0.2) is 10.9 Å². The molecule has 1 aromatic rings. The molecule has 1 nitrogen and oxygen atoms in total. The lowest BCUT2D eigenvalue weighted by molar-refractivity contribution is -0.00692. The van der Waals surface area contributed by atoms with Gasteiger partial charge in [0, 0.05) is 10.8 Å². The van der Waals surface area contributed by atoms with Crippen molar-refractivity contribution in [1.29, 1.82) is 0 Å². The predicted molar refractivity (Wildman–Crippen MR) is 72.3 cm³/mol. The molecule has 4 aliphatic carbocycles. The second-order valence-electron chi connectivity index (χ2n) is 6.07. The van der Waals surface area contributed by atoms with Gasteiger partial charge in [0.15, 0.2) is 0 Å². The van der Waals surface area contributed by atoms with Crippen molar-refractivity contribution < 1.29 is 0 Å². The lowest BCUT2D eigenvalue weighted by atomic mass is 9.49. The molecule has 0 unspecified atom stereocenters. The van der Waals surface area contributed by atoms with Gasteiger partial charge in [0.25, 0.3) is 0 Å². The highest BCUT2D eigenvalue weighted by Gasteiger charge is 2.52. The summed E-state index contributed by atoms with van der Waals surface area (Å²) in [5.41, 5.74) is 3.98. The lowest BCUT2D eigenvalue weighted by Crippen LogP contribution is -2.48. The first kappa shape index (κ1) is 11.2. The van der Waals surface area contributed by atoms with Crippen molar-refractivity contribution in [2.24, 2.45) is 17.8 Å². The highest BCUT2D eigenvalue weighted by Crippen LogP contribution is 2.60. The molecule has 5 rings (SSSR count). The highest BCUT2D eigenvalue weighted by molar-refractivity contribution is 8.93. The predicted octanol–water partition coefficient (Wildman–Crippen LogP) is 4.19. The van der Waals surface area contributed by atoms with Gasteiger partial charge in [-0.2, -0.15) is 0 Å². The summed E-state index contributed by atoms with van der Waals surface area (Å²) in [5.74, 6) is 3.12. The Hall–Kier alpha value is 0.110. The lowest BCUT2D eigenvalue weighted by Gasteiger charge is -2.56. The van der Waals surface area contributed by atoms with Crippen molar-refractivity contribution in [3.63, 3.8) is 0 Å². The van der Waals surface area contributed by atoms with E-state index in [-0.39, 0.29) is 17.0 Å². The summed E-state index contributed by atoms with van der Waals surface area (Å²) < 4.78 is 0. The van der Waals surface area contributed by atoms with E-state index in [0.717, 1.165) is 17.8 Å². The summed E-state index contributed by atoms with van der Waals surface area (Å²) in [7, 11) is 0. The number of halogens is 1. The molecule has 0 N–H and O–H groups in total. The second kappa shape index (κ2) is 3.81. The van der Waals surface area contributed by atoms with Gasteiger partial charge in [-0.1, -0.05) is 0 Å². The van der Waals surface area contributed by atoms with Crippen LogP contribution in [0.4, 0.5) is 0 Å². The third-order valence-corrected chi connectivity index (χ3v) is 5.60. The maximum absolute atomic E-state index is 4.62. The molecule has 4 bridgehead atoms. The van der Waals surface area contributed by atoms with Gasteiger partial charge in [0.1, 0.15) is 0 Å². The van der Waals surface area contributed by atoms with Crippen molar-refractivity contribution in [3.8, 4) is 0 Å². The molecular weight excluding hydrogens is 282 g/mol. The Morgan fingerprint density at radius 2 is 1.62 bits per heavy atom. The minimum atomic E-state index is 0. The fourth-order valence-corrected chi connectivity index (χ4v) is 5.57. The van der Waals surface area contributed by atoms with Crippen LogP contribution in [-0.4, -0.2) is 4.98 Å². The van der Waals surface area contributed by atoms with E-state index in [9.17, 15) is 0 Å². The fraction of sp³-hybridized carbons (Fsp3) is 0.769. The molecule has 4 saturated carbocycles. The Kier molecular flexibility index (Phi) is 2.67. The smallest absolute Gasteiger partial charge is 0.0794 e. The average molecular weight is 300 g/mol. The quantitative estimate of drug-likeness (QED) is 0.758. The van der Waals surface area contributed by atoms with E-state index >= 15 is 0 Å². The van der Waals surface area contributed by atoms with Crippen LogP contribution in [0.2, 0.25) is 0 Å². The van der Waals surface area contributed by atoms with Crippen LogP contribution < -0.4 is 0 Å². The van der Waals surface area contributed by atoms with Crippen LogP contribution in [-0.2, 0) is 5.41 Å². The topological polar surface area (TPSA) is 12.9 Å². The first-order valence-electron chi connectivity index (χ1n) is 6.23. The molecule has 0 radical (unpaired) electrons. The summed E-state index contributed by atoms with van der Waals surface area (Å²) in [6.45, 7) is 0. The van der Waals surface area contributed by atoms with E-state index < -0.39 is 0 Å². The normalized spacial score (nSPS) is 44.4. The molecule has 0 spiro atoms. The molecule has 0 atom stereocenters.